The molecule has 0 aliphatic heterocycles. The molecule has 2 rings (SSSR count). The van der Waals surface area contributed by atoms with Crippen LogP contribution in [0.1, 0.15) is 29.9 Å². The van der Waals surface area contributed by atoms with Gasteiger partial charge in [0.15, 0.2) is 0 Å². The average molecular weight is 245 g/mol. The Hall–Kier alpha value is -1.97. The molecule has 4 nitrogen and oxygen atoms in total. The van der Waals surface area contributed by atoms with Crippen LogP contribution in [-0.2, 0) is 7.05 Å². The molecule has 0 radical (unpaired) electrons. The molecule has 0 spiro atoms. The predicted molar refractivity (Wildman–Crippen MR) is 72.8 cm³/mol. The summed E-state index contributed by atoms with van der Waals surface area (Å²) in [5.41, 5.74) is 4.34. The van der Waals surface area contributed by atoms with E-state index in [1.54, 1.807) is 12.1 Å². The summed E-state index contributed by atoms with van der Waals surface area (Å²) >= 11 is 0. The summed E-state index contributed by atoms with van der Waals surface area (Å²) in [4.78, 5) is 0. The fourth-order valence-electron chi connectivity index (χ4n) is 2.05. The molecule has 0 aliphatic rings. The number of hydrogen-bond donors (Lipinski definition) is 2. The van der Waals surface area contributed by atoms with Crippen molar-refractivity contribution in [3.05, 3.63) is 41.2 Å². The topological polar surface area (TPSA) is 50.1 Å². The Kier molecular flexibility index (Phi) is 3.28. The van der Waals surface area contributed by atoms with Crippen LogP contribution in [0.2, 0.25) is 0 Å². The van der Waals surface area contributed by atoms with Crippen molar-refractivity contribution in [1.29, 1.82) is 0 Å². The van der Waals surface area contributed by atoms with Crippen LogP contribution in [-0.4, -0.2) is 14.9 Å². The maximum Gasteiger partial charge on any atom is 0.115 e. The normalized spacial score (nSPS) is 12.4. The van der Waals surface area contributed by atoms with Crippen molar-refractivity contribution in [1.82, 2.24) is 9.78 Å². The van der Waals surface area contributed by atoms with E-state index in [0.29, 0.717) is 5.75 Å². The second-order valence-corrected chi connectivity index (χ2v) is 4.63. The molecule has 1 atom stereocenters. The smallest absolute Gasteiger partial charge is 0.115 e. The summed E-state index contributed by atoms with van der Waals surface area (Å²) in [5, 5.41) is 17.1. The van der Waals surface area contributed by atoms with E-state index < -0.39 is 0 Å². The lowest BCUT2D eigenvalue weighted by atomic mass is 10.1. The number of aromatic hydroxyl groups is 1. The van der Waals surface area contributed by atoms with Gasteiger partial charge in [-0.15, -0.1) is 0 Å². The van der Waals surface area contributed by atoms with E-state index in [9.17, 15) is 5.11 Å². The molecule has 0 amide bonds. The predicted octanol–water partition coefficient (Wildman–Crippen LogP) is 2.92. The molecule has 18 heavy (non-hydrogen) atoms. The number of hydrogen-bond acceptors (Lipinski definition) is 3. The average Bonchev–Trinajstić information content (AvgIpc) is 2.57. The summed E-state index contributed by atoms with van der Waals surface area (Å²) in [5.74, 6) is 0.291. The highest BCUT2D eigenvalue weighted by molar-refractivity contribution is 5.53. The first-order valence-electron chi connectivity index (χ1n) is 6.04. The molecule has 0 bridgehead atoms. The van der Waals surface area contributed by atoms with Gasteiger partial charge < -0.3 is 10.4 Å². The first-order chi connectivity index (χ1) is 8.49. The van der Waals surface area contributed by atoms with Crippen molar-refractivity contribution in [2.24, 2.45) is 7.05 Å². The van der Waals surface area contributed by atoms with Crippen molar-refractivity contribution in [2.75, 3.05) is 5.32 Å². The number of aromatic nitrogens is 2. The van der Waals surface area contributed by atoms with Crippen LogP contribution >= 0.6 is 0 Å². The van der Waals surface area contributed by atoms with Crippen LogP contribution in [0.4, 0.5) is 5.69 Å². The first kappa shape index (κ1) is 12.5. The number of rotatable bonds is 3. The summed E-state index contributed by atoms with van der Waals surface area (Å²) < 4.78 is 1.88. The molecule has 0 aliphatic carbocycles. The van der Waals surface area contributed by atoms with Crippen LogP contribution in [0.5, 0.6) is 5.75 Å². The third-order valence-corrected chi connectivity index (χ3v) is 3.26. The molecule has 0 saturated heterocycles. The van der Waals surface area contributed by atoms with Gasteiger partial charge in [0.1, 0.15) is 5.75 Å². The minimum Gasteiger partial charge on any atom is -0.508 e. The lowest BCUT2D eigenvalue weighted by Crippen LogP contribution is -2.08. The van der Waals surface area contributed by atoms with Crippen LogP contribution in [0.3, 0.4) is 0 Å². The molecular weight excluding hydrogens is 226 g/mol. The lowest BCUT2D eigenvalue weighted by molar-refractivity contribution is 0.475. The summed E-state index contributed by atoms with van der Waals surface area (Å²) in [6.45, 7) is 6.14. The zero-order valence-electron chi connectivity index (χ0n) is 11.2. The first-order valence-corrected chi connectivity index (χ1v) is 6.04. The van der Waals surface area contributed by atoms with E-state index in [1.807, 2.05) is 37.7 Å². The van der Waals surface area contributed by atoms with E-state index in [-0.39, 0.29) is 6.04 Å². The van der Waals surface area contributed by atoms with E-state index in [1.165, 1.54) is 0 Å². The molecule has 4 heteroatoms. The Balaban J connectivity index is 2.21. The third kappa shape index (κ3) is 2.32. The van der Waals surface area contributed by atoms with Crippen molar-refractivity contribution in [2.45, 2.75) is 26.8 Å². The minimum absolute atomic E-state index is 0.173. The van der Waals surface area contributed by atoms with Gasteiger partial charge in [0.05, 0.1) is 17.1 Å². The maximum absolute atomic E-state index is 9.29. The van der Waals surface area contributed by atoms with Gasteiger partial charge in [0.25, 0.3) is 0 Å². The van der Waals surface area contributed by atoms with Gasteiger partial charge in [0, 0.05) is 13.1 Å². The monoisotopic (exact) mass is 245 g/mol. The zero-order valence-corrected chi connectivity index (χ0v) is 11.2. The standard InChI is InChI=1S/C14H19N3O/c1-9(12-5-7-13(18)8-6-12)15-14-10(2)16-17(4)11(14)3/h5-9,15,18H,1-4H3. The molecule has 0 fully saturated rings. The molecule has 1 unspecified atom stereocenters. The van der Waals surface area contributed by atoms with Crippen LogP contribution in [0.15, 0.2) is 24.3 Å². The molecular formula is C14H19N3O. The minimum atomic E-state index is 0.173. The van der Waals surface area contributed by atoms with E-state index >= 15 is 0 Å². The number of aryl methyl sites for hydroxylation is 2. The van der Waals surface area contributed by atoms with E-state index in [4.69, 9.17) is 0 Å². The molecule has 1 aromatic carbocycles. The lowest BCUT2D eigenvalue weighted by Gasteiger charge is -2.16. The molecule has 0 saturated carbocycles. The summed E-state index contributed by atoms with van der Waals surface area (Å²) in [6.07, 6.45) is 0. The highest BCUT2D eigenvalue weighted by Crippen LogP contribution is 2.25. The Morgan fingerprint density at radius 3 is 2.33 bits per heavy atom. The highest BCUT2D eigenvalue weighted by atomic mass is 16.3. The number of nitrogens with one attached hydrogen (secondary N) is 1. The Bertz CT molecular complexity index is 543. The van der Waals surface area contributed by atoms with Crippen LogP contribution in [0.25, 0.3) is 0 Å². The van der Waals surface area contributed by atoms with Gasteiger partial charge in [-0.3, -0.25) is 4.68 Å². The van der Waals surface area contributed by atoms with Crippen molar-refractivity contribution in [3.8, 4) is 5.75 Å². The van der Waals surface area contributed by atoms with Crippen molar-refractivity contribution >= 4 is 5.69 Å². The largest absolute Gasteiger partial charge is 0.508 e. The molecule has 1 aromatic heterocycles. The fraction of sp³-hybridized carbons (Fsp3) is 0.357. The number of benzene rings is 1. The number of nitrogens with zero attached hydrogens (tertiary/aromatic N) is 2. The highest BCUT2D eigenvalue weighted by Gasteiger charge is 2.12. The van der Waals surface area contributed by atoms with Gasteiger partial charge in [0.2, 0.25) is 0 Å². The van der Waals surface area contributed by atoms with E-state index in [0.717, 1.165) is 22.6 Å². The SMILES string of the molecule is Cc1nn(C)c(C)c1NC(C)c1ccc(O)cc1. The Morgan fingerprint density at radius 2 is 1.83 bits per heavy atom. The fourth-order valence-corrected chi connectivity index (χ4v) is 2.05. The number of anilines is 1. The second-order valence-electron chi connectivity index (χ2n) is 4.63. The summed E-state index contributed by atoms with van der Waals surface area (Å²) in [6, 6.07) is 7.43. The Morgan fingerprint density at radius 1 is 1.22 bits per heavy atom. The van der Waals surface area contributed by atoms with Gasteiger partial charge in [-0.2, -0.15) is 5.10 Å². The van der Waals surface area contributed by atoms with Gasteiger partial charge in [-0.25, -0.2) is 0 Å². The molecule has 96 valence electrons. The van der Waals surface area contributed by atoms with Crippen LogP contribution < -0.4 is 5.32 Å². The van der Waals surface area contributed by atoms with Gasteiger partial charge in [-0.05, 0) is 38.5 Å². The molecule has 2 aromatic rings. The summed E-state index contributed by atoms with van der Waals surface area (Å²) in [7, 11) is 1.94. The second kappa shape index (κ2) is 4.72. The molecule has 2 N–H and O–H groups in total. The van der Waals surface area contributed by atoms with Gasteiger partial charge >= 0.3 is 0 Å². The van der Waals surface area contributed by atoms with E-state index in [2.05, 4.69) is 17.3 Å². The zero-order chi connectivity index (χ0) is 13.3. The quantitative estimate of drug-likeness (QED) is 0.874. The Labute approximate surface area is 107 Å². The van der Waals surface area contributed by atoms with Crippen molar-refractivity contribution < 1.29 is 5.11 Å². The van der Waals surface area contributed by atoms with Gasteiger partial charge in [-0.1, -0.05) is 12.1 Å². The number of phenols is 1. The molecule has 1 heterocycles. The number of phenolic OH excluding ortho intramolecular Hbond substituents is 1. The van der Waals surface area contributed by atoms with Crippen LogP contribution in [0, 0.1) is 13.8 Å². The van der Waals surface area contributed by atoms with Crippen molar-refractivity contribution in [3.63, 3.8) is 0 Å². The maximum atomic E-state index is 9.29. The third-order valence-electron chi connectivity index (χ3n) is 3.26.